The minimum Gasteiger partial charge on any atom is -0.481 e. The van der Waals surface area contributed by atoms with Gasteiger partial charge in [-0.05, 0) is 29.7 Å². The van der Waals surface area contributed by atoms with Crippen LogP contribution in [0.5, 0.6) is 0 Å². The third-order valence-corrected chi connectivity index (χ3v) is 6.26. The number of aliphatic carboxylic acids is 2. The van der Waals surface area contributed by atoms with Crippen molar-refractivity contribution in [2.45, 2.75) is 39.2 Å². The zero-order valence-electron chi connectivity index (χ0n) is 22.2. The van der Waals surface area contributed by atoms with Gasteiger partial charge in [0.25, 0.3) is 0 Å². The van der Waals surface area contributed by atoms with Crippen LogP contribution in [0.15, 0.2) is 36.5 Å². The number of halogens is 1. The molecule has 214 valence electrons. The number of carbonyl (C=O) groups is 5. The number of aromatic nitrogens is 4. The highest BCUT2D eigenvalue weighted by atomic mass is 19.1. The number of hydrogen-bond acceptors (Lipinski definition) is 7. The normalized spacial score (nSPS) is 11.2. The summed E-state index contributed by atoms with van der Waals surface area (Å²) in [5, 5.41) is 31.7. The Bertz CT molecular complexity index is 1690. The maximum Gasteiger partial charge on any atom is 0.322 e. The predicted molar refractivity (Wildman–Crippen MR) is 144 cm³/mol. The van der Waals surface area contributed by atoms with Gasteiger partial charge in [0.05, 0.1) is 35.9 Å². The number of benzene rings is 2. The van der Waals surface area contributed by atoms with E-state index in [0.717, 1.165) is 4.68 Å². The van der Waals surface area contributed by atoms with Crippen LogP contribution in [0.2, 0.25) is 0 Å². The summed E-state index contributed by atoms with van der Waals surface area (Å²) in [6, 6.07) is 7.83. The van der Waals surface area contributed by atoms with Gasteiger partial charge in [-0.25, -0.2) is 9.07 Å². The molecular weight excluding hydrogens is 539 g/mol. The third-order valence-electron chi connectivity index (χ3n) is 6.26. The Balaban J connectivity index is 1.70. The summed E-state index contributed by atoms with van der Waals surface area (Å²) in [4.78, 5) is 58.5. The Kier molecular flexibility index (Phi) is 8.40. The Morgan fingerprint density at radius 3 is 2.34 bits per heavy atom. The molecule has 2 heterocycles. The lowest BCUT2D eigenvalue weighted by Gasteiger charge is -2.10. The molecule has 0 aliphatic heterocycles. The molecule has 0 aliphatic rings. The van der Waals surface area contributed by atoms with Crippen molar-refractivity contribution in [1.82, 2.24) is 30.2 Å². The molecule has 0 bridgehead atoms. The van der Waals surface area contributed by atoms with E-state index in [9.17, 15) is 24.0 Å². The SMILES string of the molecule is CC(C)c1nn(CC(=O)NCC(=O)NCC(=O)O)c2cccc(-c3cc4c(cnn4C(=O)CCC(=O)O)cc3F)c12. The van der Waals surface area contributed by atoms with Gasteiger partial charge in [0.1, 0.15) is 18.9 Å². The lowest BCUT2D eigenvalue weighted by molar-refractivity contribution is -0.138. The lowest BCUT2D eigenvalue weighted by atomic mass is 9.95. The first-order valence-electron chi connectivity index (χ1n) is 12.6. The Labute approximate surface area is 231 Å². The fourth-order valence-corrected chi connectivity index (χ4v) is 4.39. The Morgan fingerprint density at radius 2 is 1.66 bits per heavy atom. The number of carbonyl (C=O) groups excluding carboxylic acids is 3. The van der Waals surface area contributed by atoms with Gasteiger partial charge in [0, 0.05) is 22.8 Å². The fourth-order valence-electron chi connectivity index (χ4n) is 4.39. The van der Waals surface area contributed by atoms with E-state index in [2.05, 4.69) is 20.8 Å². The zero-order valence-corrected chi connectivity index (χ0v) is 22.2. The Morgan fingerprint density at radius 1 is 0.927 bits per heavy atom. The van der Waals surface area contributed by atoms with Gasteiger partial charge in [-0.2, -0.15) is 10.2 Å². The van der Waals surface area contributed by atoms with Crippen LogP contribution >= 0.6 is 0 Å². The molecule has 0 unspecified atom stereocenters. The molecule has 2 amide bonds. The van der Waals surface area contributed by atoms with Gasteiger partial charge < -0.3 is 20.8 Å². The number of nitrogens with zero attached hydrogens (tertiary/aromatic N) is 4. The maximum atomic E-state index is 15.5. The molecule has 41 heavy (non-hydrogen) atoms. The van der Waals surface area contributed by atoms with E-state index in [1.54, 1.807) is 18.2 Å². The molecule has 14 heteroatoms. The molecule has 0 saturated carbocycles. The van der Waals surface area contributed by atoms with Gasteiger partial charge in [-0.3, -0.25) is 28.7 Å². The number of fused-ring (bicyclic) bond motifs is 2. The molecule has 0 aliphatic carbocycles. The van der Waals surface area contributed by atoms with Crippen LogP contribution in [0.25, 0.3) is 32.9 Å². The number of nitrogens with one attached hydrogen (secondary N) is 2. The van der Waals surface area contributed by atoms with Crippen molar-refractivity contribution < 1.29 is 38.6 Å². The molecule has 0 radical (unpaired) electrons. The zero-order chi connectivity index (χ0) is 29.8. The number of carboxylic acids is 2. The minimum atomic E-state index is -1.21. The molecule has 0 atom stereocenters. The van der Waals surface area contributed by atoms with Crippen molar-refractivity contribution in [2.75, 3.05) is 13.1 Å². The van der Waals surface area contributed by atoms with Gasteiger partial charge in [-0.15, -0.1) is 0 Å². The number of carboxylic acid groups (broad SMARTS) is 2. The predicted octanol–water partition coefficient (Wildman–Crippen LogP) is 2.14. The summed E-state index contributed by atoms with van der Waals surface area (Å²) in [5.74, 6) is -4.79. The smallest absolute Gasteiger partial charge is 0.322 e. The topological polar surface area (TPSA) is 186 Å². The highest BCUT2D eigenvalue weighted by Crippen LogP contribution is 2.37. The van der Waals surface area contributed by atoms with E-state index in [4.69, 9.17) is 10.2 Å². The fraction of sp³-hybridized carbons (Fsp3) is 0.296. The van der Waals surface area contributed by atoms with Crippen molar-refractivity contribution in [3.8, 4) is 11.1 Å². The van der Waals surface area contributed by atoms with Crippen LogP contribution in [-0.2, 0) is 25.7 Å². The summed E-state index contributed by atoms with van der Waals surface area (Å²) >= 11 is 0. The lowest BCUT2D eigenvalue weighted by Crippen LogP contribution is -2.40. The van der Waals surface area contributed by atoms with Crippen molar-refractivity contribution >= 4 is 51.5 Å². The van der Waals surface area contributed by atoms with Crippen LogP contribution in [0, 0.1) is 5.82 Å². The van der Waals surface area contributed by atoms with E-state index < -0.39 is 48.6 Å². The van der Waals surface area contributed by atoms with Crippen molar-refractivity contribution in [3.05, 3.63) is 48.0 Å². The van der Waals surface area contributed by atoms with Crippen LogP contribution in [0.3, 0.4) is 0 Å². The van der Waals surface area contributed by atoms with Gasteiger partial charge in [-0.1, -0.05) is 26.0 Å². The summed E-state index contributed by atoms with van der Waals surface area (Å²) in [6.45, 7) is 2.54. The quantitative estimate of drug-likeness (QED) is 0.211. The van der Waals surface area contributed by atoms with Crippen LogP contribution < -0.4 is 10.6 Å². The first-order chi connectivity index (χ1) is 19.5. The first-order valence-corrected chi connectivity index (χ1v) is 12.6. The number of amides is 2. The summed E-state index contributed by atoms with van der Waals surface area (Å²) in [7, 11) is 0. The minimum absolute atomic E-state index is 0.125. The molecule has 0 saturated heterocycles. The molecule has 4 aromatic rings. The highest BCUT2D eigenvalue weighted by molar-refractivity contribution is 6.01. The molecule has 4 rings (SSSR count). The average molecular weight is 567 g/mol. The second kappa shape index (κ2) is 11.9. The van der Waals surface area contributed by atoms with Gasteiger partial charge in [0.15, 0.2) is 0 Å². The molecule has 13 nitrogen and oxygen atoms in total. The van der Waals surface area contributed by atoms with Crippen molar-refractivity contribution in [3.63, 3.8) is 0 Å². The van der Waals surface area contributed by atoms with Crippen LogP contribution in [0.1, 0.15) is 43.1 Å². The molecule has 2 aromatic carbocycles. The Hall–Kier alpha value is -5.14. The van der Waals surface area contributed by atoms with Crippen molar-refractivity contribution in [2.24, 2.45) is 0 Å². The van der Waals surface area contributed by atoms with E-state index in [0.29, 0.717) is 33.1 Å². The molecule has 0 fully saturated rings. The van der Waals surface area contributed by atoms with E-state index in [1.807, 2.05) is 13.8 Å². The molecule has 2 aromatic heterocycles. The van der Waals surface area contributed by atoms with E-state index >= 15 is 4.39 Å². The third kappa shape index (κ3) is 6.37. The maximum absolute atomic E-state index is 15.5. The average Bonchev–Trinajstić information content (AvgIpc) is 3.50. The van der Waals surface area contributed by atoms with E-state index in [-0.39, 0.29) is 30.9 Å². The standard InChI is InChI=1S/C27H27FN6O7/c1-14(2)27-26-16(17-9-20-15(8-18(17)28)10-31-34(20)23(37)6-7-24(38)39)4-3-5-19(26)33(32-27)13-22(36)29-11-21(35)30-12-25(40)41/h3-5,8-10,14H,6-7,11-13H2,1-2H3,(H,29,36)(H,30,35)(H,38,39)(H,40,41). The van der Waals surface area contributed by atoms with Crippen LogP contribution in [-0.4, -0.2) is 72.5 Å². The number of hydrogen-bond donors (Lipinski definition) is 4. The second-order valence-electron chi connectivity index (χ2n) is 9.58. The summed E-state index contributed by atoms with van der Waals surface area (Å²) < 4.78 is 18.0. The molecular formula is C27H27FN6O7. The molecule has 0 spiro atoms. The van der Waals surface area contributed by atoms with Gasteiger partial charge in [0.2, 0.25) is 17.7 Å². The highest BCUT2D eigenvalue weighted by Gasteiger charge is 2.22. The second-order valence-corrected chi connectivity index (χ2v) is 9.58. The summed E-state index contributed by atoms with van der Waals surface area (Å²) in [6.07, 6.45) is 0.687. The largest absolute Gasteiger partial charge is 0.481 e. The van der Waals surface area contributed by atoms with Crippen LogP contribution in [0.4, 0.5) is 4.39 Å². The summed E-state index contributed by atoms with van der Waals surface area (Å²) in [5.41, 5.74) is 2.07. The van der Waals surface area contributed by atoms with Gasteiger partial charge >= 0.3 is 11.9 Å². The molecule has 4 N–H and O–H groups in total. The first kappa shape index (κ1) is 28.9. The van der Waals surface area contributed by atoms with Crippen molar-refractivity contribution in [1.29, 1.82) is 0 Å². The monoisotopic (exact) mass is 566 g/mol. The number of rotatable bonds is 11. The van der Waals surface area contributed by atoms with E-state index in [1.165, 1.54) is 23.0 Å².